The maximum absolute atomic E-state index is 10.2. The SMILES string of the molecule is CC1CC1S(=O)(=O)O. The Morgan fingerprint density at radius 3 is 2.00 bits per heavy atom. The van der Waals surface area contributed by atoms with Crippen molar-refractivity contribution in [1.29, 1.82) is 0 Å². The molecule has 0 heterocycles. The van der Waals surface area contributed by atoms with E-state index >= 15 is 0 Å². The van der Waals surface area contributed by atoms with Gasteiger partial charge in [-0.15, -0.1) is 0 Å². The molecule has 1 aliphatic rings. The van der Waals surface area contributed by atoms with Crippen molar-refractivity contribution in [3.8, 4) is 0 Å². The van der Waals surface area contributed by atoms with Gasteiger partial charge in [-0.2, -0.15) is 8.42 Å². The molecule has 0 saturated heterocycles. The van der Waals surface area contributed by atoms with E-state index in [4.69, 9.17) is 4.55 Å². The zero-order valence-corrected chi connectivity index (χ0v) is 5.35. The summed E-state index contributed by atoms with van der Waals surface area (Å²) in [7, 11) is -3.68. The normalized spacial score (nSPS) is 37.2. The number of hydrogen-bond donors (Lipinski definition) is 1. The van der Waals surface area contributed by atoms with Crippen LogP contribution in [0.5, 0.6) is 0 Å². The molecule has 0 bridgehead atoms. The van der Waals surface area contributed by atoms with E-state index in [2.05, 4.69) is 0 Å². The highest BCUT2D eigenvalue weighted by atomic mass is 32.2. The zero-order chi connectivity index (χ0) is 6.36. The molecule has 1 fully saturated rings. The van der Waals surface area contributed by atoms with Gasteiger partial charge in [-0.1, -0.05) is 6.92 Å². The molecule has 0 amide bonds. The van der Waals surface area contributed by atoms with Crippen molar-refractivity contribution >= 4 is 10.1 Å². The molecule has 0 aromatic carbocycles. The molecule has 1 rings (SSSR count). The second-order valence-electron chi connectivity index (χ2n) is 2.27. The Labute approximate surface area is 48.5 Å². The Morgan fingerprint density at radius 2 is 2.00 bits per heavy atom. The van der Waals surface area contributed by atoms with E-state index in [9.17, 15) is 8.42 Å². The first-order valence-corrected chi connectivity index (χ1v) is 3.98. The van der Waals surface area contributed by atoms with Crippen molar-refractivity contribution in [3.63, 3.8) is 0 Å². The van der Waals surface area contributed by atoms with Gasteiger partial charge in [-0.3, -0.25) is 4.55 Å². The standard InChI is InChI=1S/C4H8O3S/c1-3-2-4(3)8(5,6)7/h3-4H,2H2,1H3,(H,5,6,7). The molecule has 0 aromatic rings. The second-order valence-corrected chi connectivity index (χ2v) is 3.90. The van der Waals surface area contributed by atoms with E-state index in [0.29, 0.717) is 6.42 Å². The van der Waals surface area contributed by atoms with Gasteiger partial charge in [0.25, 0.3) is 10.1 Å². The Balaban J connectivity index is 2.66. The van der Waals surface area contributed by atoms with E-state index in [1.165, 1.54) is 0 Å². The lowest BCUT2D eigenvalue weighted by molar-refractivity contribution is 0.479. The van der Waals surface area contributed by atoms with Gasteiger partial charge >= 0.3 is 0 Å². The third kappa shape index (κ3) is 1.00. The van der Waals surface area contributed by atoms with Crippen LogP contribution in [-0.2, 0) is 10.1 Å². The van der Waals surface area contributed by atoms with Crippen molar-refractivity contribution in [2.24, 2.45) is 5.92 Å². The Morgan fingerprint density at radius 1 is 1.62 bits per heavy atom. The first-order chi connectivity index (χ1) is 3.52. The van der Waals surface area contributed by atoms with E-state index in [-0.39, 0.29) is 5.92 Å². The molecule has 1 aliphatic carbocycles. The van der Waals surface area contributed by atoms with Crippen molar-refractivity contribution in [1.82, 2.24) is 0 Å². The van der Waals surface area contributed by atoms with Crippen LogP contribution in [0.3, 0.4) is 0 Å². The van der Waals surface area contributed by atoms with Crippen LogP contribution in [-0.4, -0.2) is 18.2 Å². The lowest BCUT2D eigenvalue weighted by Crippen LogP contribution is -2.04. The molecule has 2 atom stereocenters. The first-order valence-electron chi connectivity index (χ1n) is 2.48. The molecule has 3 nitrogen and oxygen atoms in total. The molecule has 0 aliphatic heterocycles. The molecular formula is C4H8O3S. The van der Waals surface area contributed by atoms with Crippen LogP contribution < -0.4 is 0 Å². The highest BCUT2D eigenvalue weighted by molar-refractivity contribution is 7.86. The summed E-state index contributed by atoms with van der Waals surface area (Å²) in [6.07, 6.45) is 0.624. The van der Waals surface area contributed by atoms with Crippen LogP contribution in [0.25, 0.3) is 0 Å². The van der Waals surface area contributed by atoms with E-state index in [0.717, 1.165) is 0 Å². The largest absolute Gasteiger partial charge is 0.285 e. The van der Waals surface area contributed by atoms with Crippen LogP contribution in [0.1, 0.15) is 13.3 Å². The topological polar surface area (TPSA) is 54.4 Å². The van der Waals surface area contributed by atoms with Crippen LogP contribution in [0, 0.1) is 5.92 Å². The van der Waals surface area contributed by atoms with Crippen molar-refractivity contribution in [2.75, 3.05) is 0 Å². The fraction of sp³-hybridized carbons (Fsp3) is 1.00. The van der Waals surface area contributed by atoms with Gasteiger partial charge in [0, 0.05) is 0 Å². The summed E-state index contributed by atoms with van der Waals surface area (Å²) in [6, 6.07) is 0. The minimum absolute atomic E-state index is 0.171. The van der Waals surface area contributed by atoms with E-state index in [1.807, 2.05) is 0 Å². The van der Waals surface area contributed by atoms with Crippen LogP contribution >= 0.6 is 0 Å². The maximum Gasteiger partial charge on any atom is 0.268 e. The van der Waals surface area contributed by atoms with Gasteiger partial charge < -0.3 is 0 Å². The van der Waals surface area contributed by atoms with Gasteiger partial charge in [0.15, 0.2) is 0 Å². The van der Waals surface area contributed by atoms with Crippen molar-refractivity contribution in [2.45, 2.75) is 18.6 Å². The molecule has 4 heteroatoms. The van der Waals surface area contributed by atoms with Gasteiger partial charge in [0.2, 0.25) is 0 Å². The average molecular weight is 136 g/mol. The third-order valence-electron chi connectivity index (χ3n) is 1.42. The fourth-order valence-electron chi connectivity index (χ4n) is 0.703. The lowest BCUT2D eigenvalue weighted by atomic mass is 10.5. The lowest BCUT2D eigenvalue weighted by Gasteiger charge is -1.86. The quantitative estimate of drug-likeness (QED) is 0.527. The van der Waals surface area contributed by atoms with E-state index in [1.54, 1.807) is 6.92 Å². The monoisotopic (exact) mass is 136 g/mol. The summed E-state index contributed by atoms with van der Waals surface area (Å²) in [5.74, 6) is 0.171. The smallest absolute Gasteiger partial charge is 0.268 e. The van der Waals surface area contributed by atoms with Gasteiger partial charge in [0.05, 0.1) is 5.25 Å². The summed E-state index contributed by atoms with van der Waals surface area (Å²) in [5, 5.41) is -0.456. The summed E-state index contributed by atoms with van der Waals surface area (Å²) < 4.78 is 28.6. The molecule has 8 heavy (non-hydrogen) atoms. The number of hydrogen-bond acceptors (Lipinski definition) is 2. The van der Waals surface area contributed by atoms with Crippen molar-refractivity contribution in [3.05, 3.63) is 0 Å². The fourth-order valence-corrected chi connectivity index (χ4v) is 1.84. The van der Waals surface area contributed by atoms with Gasteiger partial charge in [-0.05, 0) is 12.3 Å². The van der Waals surface area contributed by atoms with Crippen molar-refractivity contribution < 1.29 is 13.0 Å². The third-order valence-corrected chi connectivity index (χ3v) is 2.84. The minimum atomic E-state index is -3.68. The average Bonchev–Trinajstić information content (AvgIpc) is 2.13. The highest BCUT2D eigenvalue weighted by Gasteiger charge is 2.42. The highest BCUT2D eigenvalue weighted by Crippen LogP contribution is 2.35. The molecule has 1 N–H and O–H groups in total. The summed E-state index contributed by atoms with van der Waals surface area (Å²) >= 11 is 0. The molecule has 1 saturated carbocycles. The zero-order valence-electron chi connectivity index (χ0n) is 4.53. The maximum atomic E-state index is 10.2. The Bertz CT molecular complexity index is 181. The van der Waals surface area contributed by atoms with E-state index < -0.39 is 15.4 Å². The molecule has 2 unspecified atom stereocenters. The summed E-state index contributed by atoms with van der Waals surface area (Å²) in [5.41, 5.74) is 0. The molecule has 0 aromatic heterocycles. The molecule has 0 spiro atoms. The first kappa shape index (κ1) is 6.04. The second kappa shape index (κ2) is 1.45. The van der Waals surface area contributed by atoms with Crippen LogP contribution in [0.2, 0.25) is 0 Å². The van der Waals surface area contributed by atoms with Crippen LogP contribution in [0.15, 0.2) is 0 Å². The van der Waals surface area contributed by atoms with Gasteiger partial charge in [-0.25, -0.2) is 0 Å². The minimum Gasteiger partial charge on any atom is -0.285 e. The number of rotatable bonds is 1. The Hall–Kier alpha value is -0.0900. The predicted octanol–water partition coefficient (Wildman–Crippen LogP) is 0.283. The van der Waals surface area contributed by atoms with Gasteiger partial charge in [0.1, 0.15) is 0 Å². The summed E-state index contributed by atoms with van der Waals surface area (Å²) in [4.78, 5) is 0. The molecule has 0 radical (unpaired) electrons. The van der Waals surface area contributed by atoms with Crippen LogP contribution in [0.4, 0.5) is 0 Å². The molecular weight excluding hydrogens is 128 g/mol. The Kier molecular flexibility index (Phi) is 1.09. The molecule has 48 valence electrons. The predicted molar refractivity (Wildman–Crippen MR) is 29.1 cm³/mol. The summed E-state index contributed by atoms with van der Waals surface area (Å²) in [6.45, 7) is 1.80.